The molecule has 0 bridgehead atoms. The molecule has 0 unspecified atom stereocenters. The monoisotopic (exact) mass is 417 g/mol. The summed E-state index contributed by atoms with van der Waals surface area (Å²) < 4.78 is 11.1. The average molecular weight is 418 g/mol. The number of hydrogen-bond donors (Lipinski definition) is 0. The zero-order valence-corrected chi connectivity index (χ0v) is 17.3. The van der Waals surface area contributed by atoms with E-state index in [4.69, 9.17) is 9.15 Å². The van der Waals surface area contributed by atoms with Crippen LogP contribution in [0.1, 0.15) is 29.3 Å². The van der Waals surface area contributed by atoms with Crippen LogP contribution in [-0.4, -0.2) is 46.8 Å². The lowest BCUT2D eigenvalue weighted by atomic mass is 10.2. The summed E-state index contributed by atoms with van der Waals surface area (Å²) in [5.41, 5.74) is 0.393. The van der Waals surface area contributed by atoms with Crippen molar-refractivity contribution < 1.29 is 18.7 Å². The molecule has 1 amide bonds. The maximum absolute atomic E-state index is 12.6. The van der Waals surface area contributed by atoms with Gasteiger partial charge in [-0.25, -0.2) is 4.79 Å². The number of esters is 1. The van der Waals surface area contributed by atoms with Gasteiger partial charge in [-0.05, 0) is 30.5 Å². The summed E-state index contributed by atoms with van der Waals surface area (Å²) in [4.78, 5) is 27.5. The van der Waals surface area contributed by atoms with Crippen LogP contribution in [0.2, 0.25) is 0 Å². The Hall–Kier alpha value is -2.65. The molecule has 3 aromatic rings. The molecule has 0 saturated carbocycles. The van der Waals surface area contributed by atoms with E-state index in [0.29, 0.717) is 16.3 Å². The van der Waals surface area contributed by atoms with Crippen LogP contribution in [0.3, 0.4) is 0 Å². The Bertz CT molecular complexity index is 954. The van der Waals surface area contributed by atoms with Gasteiger partial charge >= 0.3 is 5.97 Å². The summed E-state index contributed by atoms with van der Waals surface area (Å²) >= 11 is 2.78. The lowest BCUT2D eigenvalue weighted by molar-refractivity contribution is -0.125. The minimum Gasteiger partial charge on any atom is -0.449 e. The molecule has 0 fully saturated rings. The molecule has 0 saturated heterocycles. The van der Waals surface area contributed by atoms with E-state index < -0.39 is 12.1 Å². The van der Waals surface area contributed by atoms with Gasteiger partial charge in [-0.1, -0.05) is 18.2 Å². The van der Waals surface area contributed by atoms with Gasteiger partial charge in [0.05, 0.1) is 16.2 Å². The Kier molecular flexibility index (Phi) is 6.48. The molecule has 7 nitrogen and oxygen atoms in total. The smallest absolute Gasteiger partial charge is 0.340 e. The zero-order valence-electron chi connectivity index (χ0n) is 15.6. The first-order valence-corrected chi connectivity index (χ1v) is 10.3. The van der Waals surface area contributed by atoms with Crippen molar-refractivity contribution in [2.45, 2.75) is 17.9 Å². The van der Waals surface area contributed by atoms with E-state index in [0.717, 1.165) is 4.88 Å². The van der Waals surface area contributed by atoms with Gasteiger partial charge in [0.1, 0.15) is 0 Å². The van der Waals surface area contributed by atoms with E-state index in [-0.39, 0.29) is 17.6 Å². The van der Waals surface area contributed by atoms with Gasteiger partial charge in [0.25, 0.3) is 11.8 Å². The van der Waals surface area contributed by atoms with Crippen LogP contribution < -0.4 is 0 Å². The van der Waals surface area contributed by atoms with Crippen LogP contribution in [0.5, 0.6) is 0 Å². The fraction of sp³-hybridized carbons (Fsp3) is 0.263. The maximum atomic E-state index is 12.6. The van der Waals surface area contributed by atoms with Crippen LogP contribution in [0.4, 0.5) is 0 Å². The van der Waals surface area contributed by atoms with E-state index in [1.807, 2.05) is 23.6 Å². The quantitative estimate of drug-likeness (QED) is 0.426. The summed E-state index contributed by atoms with van der Waals surface area (Å²) in [7, 11) is 3.39. The standard InChI is InChI=1S/C19H19N3O4S2/c1-12(17-20-21-18(26-17)15-9-6-10-27-15)25-19(24)13-7-4-5-8-14(13)28-11-16(23)22(2)3/h4-10,12H,11H2,1-3H3/t12-/m1/s1. The third kappa shape index (κ3) is 4.79. The number of amides is 1. The number of rotatable bonds is 7. The molecule has 1 atom stereocenters. The van der Waals surface area contributed by atoms with E-state index >= 15 is 0 Å². The van der Waals surface area contributed by atoms with Gasteiger partial charge < -0.3 is 14.1 Å². The predicted octanol–water partition coefficient (Wildman–Crippen LogP) is 3.90. The van der Waals surface area contributed by atoms with Crippen molar-refractivity contribution in [3.8, 4) is 10.8 Å². The van der Waals surface area contributed by atoms with E-state index in [1.165, 1.54) is 28.0 Å². The summed E-state index contributed by atoms with van der Waals surface area (Å²) in [6.07, 6.45) is -0.699. The first-order valence-electron chi connectivity index (χ1n) is 8.46. The third-order valence-corrected chi connectivity index (χ3v) is 5.68. The number of nitrogens with zero attached hydrogens (tertiary/aromatic N) is 3. The number of thiophene rings is 1. The lowest BCUT2D eigenvalue weighted by Gasteiger charge is -2.13. The third-order valence-electron chi connectivity index (χ3n) is 3.76. The summed E-state index contributed by atoms with van der Waals surface area (Å²) in [6.45, 7) is 1.68. The maximum Gasteiger partial charge on any atom is 0.340 e. The Balaban J connectivity index is 1.68. The normalized spacial score (nSPS) is 11.8. The SMILES string of the molecule is C[C@@H](OC(=O)c1ccccc1SCC(=O)N(C)C)c1nnc(-c2cccs2)o1. The first kappa shape index (κ1) is 20.1. The van der Waals surface area contributed by atoms with Crippen molar-refractivity contribution >= 4 is 35.0 Å². The van der Waals surface area contributed by atoms with Crippen molar-refractivity contribution in [1.82, 2.24) is 15.1 Å². The molecular formula is C19H19N3O4S2. The Morgan fingerprint density at radius 3 is 2.71 bits per heavy atom. The molecule has 0 radical (unpaired) electrons. The Morgan fingerprint density at radius 2 is 2.00 bits per heavy atom. The molecular weight excluding hydrogens is 398 g/mol. The molecule has 2 heterocycles. The van der Waals surface area contributed by atoms with Gasteiger partial charge in [0, 0.05) is 19.0 Å². The molecule has 9 heteroatoms. The Labute approximate surface area is 170 Å². The van der Waals surface area contributed by atoms with Gasteiger partial charge in [-0.15, -0.1) is 33.3 Å². The van der Waals surface area contributed by atoms with Crippen molar-refractivity contribution in [1.29, 1.82) is 0 Å². The second-order valence-corrected chi connectivity index (χ2v) is 8.01. The summed E-state index contributed by atoms with van der Waals surface area (Å²) in [5, 5.41) is 9.89. The largest absolute Gasteiger partial charge is 0.449 e. The number of hydrogen-bond acceptors (Lipinski definition) is 8. The first-order chi connectivity index (χ1) is 13.5. The lowest BCUT2D eigenvalue weighted by Crippen LogP contribution is -2.23. The van der Waals surface area contributed by atoms with Crippen molar-refractivity contribution in [2.75, 3.05) is 19.8 Å². The van der Waals surface area contributed by atoms with Crippen LogP contribution in [-0.2, 0) is 9.53 Å². The molecule has 2 aromatic heterocycles. The average Bonchev–Trinajstić information content (AvgIpc) is 3.37. The highest BCUT2D eigenvalue weighted by Crippen LogP contribution is 2.28. The second-order valence-electron chi connectivity index (χ2n) is 6.04. The fourth-order valence-electron chi connectivity index (χ4n) is 2.20. The Morgan fingerprint density at radius 1 is 1.21 bits per heavy atom. The van der Waals surface area contributed by atoms with Crippen LogP contribution in [0.15, 0.2) is 51.1 Å². The molecule has 0 aliphatic rings. The molecule has 3 rings (SSSR count). The highest BCUT2D eigenvalue weighted by Gasteiger charge is 2.22. The van der Waals surface area contributed by atoms with Gasteiger partial charge in [-0.2, -0.15) is 0 Å². The number of aromatic nitrogens is 2. The molecule has 0 aliphatic heterocycles. The topological polar surface area (TPSA) is 85.5 Å². The number of thioether (sulfide) groups is 1. The van der Waals surface area contributed by atoms with E-state index in [1.54, 1.807) is 39.2 Å². The minimum absolute atomic E-state index is 0.0338. The number of ether oxygens (including phenoxy) is 1. The van der Waals surface area contributed by atoms with Crippen LogP contribution >= 0.6 is 23.1 Å². The second kappa shape index (κ2) is 9.03. The molecule has 1 aromatic carbocycles. The summed E-state index contributed by atoms with van der Waals surface area (Å²) in [6, 6.07) is 10.8. The molecule has 0 aliphatic carbocycles. The van der Waals surface area contributed by atoms with Gasteiger partial charge in [0.2, 0.25) is 5.91 Å². The van der Waals surface area contributed by atoms with Crippen molar-refractivity contribution in [3.05, 3.63) is 53.2 Å². The van der Waals surface area contributed by atoms with Crippen LogP contribution in [0, 0.1) is 0 Å². The molecule has 0 N–H and O–H groups in total. The van der Waals surface area contributed by atoms with Gasteiger partial charge in [0.15, 0.2) is 6.10 Å². The zero-order chi connectivity index (χ0) is 20.1. The highest BCUT2D eigenvalue weighted by molar-refractivity contribution is 8.00. The van der Waals surface area contributed by atoms with Crippen molar-refractivity contribution in [2.24, 2.45) is 0 Å². The van der Waals surface area contributed by atoms with Crippen LogP contribution in [0.25, 0.3) is 10.8 Å². The number of carbonyl (C=O) groups is 2. The molecule has 28 heavy (non-hydrogen) atoms. The fourth-order valence-corrected chi connectivity index (χ4v) is 3.87. The van der Waals surface area contributed by atoms with Crippen molar-refractivity contribution in [3.63, 3.8) is 0 Å². The number of benzene rings is 1. The highest BCUT2D eigenvalue weighted by atomic mass is 32.2. The van der Waals surface area contributed by atoms with E-state index in [2.05, 4.69) is 10.2 Å². The molecule has 146 valence electrons. The molecule has 0 spiro atoms. The van der Waals surface area contributed by atoms with E-state index in [9.17, 15) is 9.59 Å². The minimum atomic E-state index is -0.699. The predicted molar refractivity (Wildman–Crippen MR) is 107 cm³/mol. The van der Waals surface area contributed by atoms with Gasteiger partial charge in [-0.3, -0.25) is 4.79 Å². The number of carbonyl (C=O) groups excluding carboxylic acids is 2. The summed E-state index contributed by atoms with van der Waals surface area (Å²) in [5.74, 6) is 0.314.